The molecular formula is C22H24N4O2. The number of benzene rings is 2. The van der Waals surface area contributed by atoms with Gasteiger partial charge in [-0.3, -0.25) is 20.4 Å². The molecule has 1 aromatic heterocycles. The summed E-state index contributed by atoms with van der Waals surface area (Å²) in [6, 6.07) is 19.0. The molecule has 6 nitrogen and oxygen atoms in total. The molecule has 0 saturated heterocycles. The molecule has 2 N–H and O–H groups in total. The van der Waals surface area contributed by atoms with Gasteiger partial charge >= 0.3 is 0 Å². The maximum atomic E-state index is 12.8. The van der Waals surface area contributed by atoms with E-state index in [-0.39, 0.29) is 11.3 Å². The number of carbonyl (C=O) groups is 2. The molecule has 6 heteroatoms. The van der Waals surface area contributed by atoms with Crippen molar-refractivity contribution in [2.24, 2.45) is 5.41 Å². The monoisotopic (exact) mass is 376 g/mol. The van der Waals surface area contributed by atoms with E-state index in [0.717, 1.165) is 11.3 Å². The summed E-state index contributed by atoms with van der Waals surface area (Å²) < 4.78 is 1.66. The normalized spacial score (nSPS) is 11.1. The molecule has 0 aliphatic carbocycles. The number of amides is 2. The standard InChI is InChI=1S/C22H24N4O2/c1-22(2,3)14-19(27)23-24-21(28)18-15-26(17-12-8-5-9-13-17)25-20(18)16-10-6-4-7-11-16/h4-13,15H,14H2,1-3H3,(H,23,27)(H,24,28). The number of carbonyl (C=O) groups excluding carboxylic acids is 2. The number of nitrogens with zero attached hydrogens (tertiary/aromatic N) is 2. The molecule has 0 saturated carbocycles. The summed E-state index contributed by atoms with van der Waals surface area (Å²) in [6.07, 6.45) is 1.98. The van der Waals surface area contributed by atoms with Gasteiger partial charge in [0, 0.05) is 18.2 Å². The first-order chi connectivity index (χ1) is 13.3. The van der Waals surface area contributed by atoms with Crippen molar-refractivity contribution in [3.8, 4) is 16.9 Å². The molecule has 3 aromatic rings. The molecule has 3 rings (SSSR count). The highest BCUT2D eigenvalue weighted by molar-refractivity contribution is 6.00. The molecule has 0 spiro atoms. The van der Waals surface area contributed by atoms with Crippen LogP contribution in [0.2, 0.25) is 0 Å². The topological polar surface area (TPSA) is 76.0 Å². The Hall–Kier alpha value is -3.41. The van der Waals surface area contributed by atoms with E-state index >= 15 is 0 Å². The molecule has 2 aromatic carbocycles. The molecule has 28 heavy (non-hydrogen) atoms. The Morgan fingerprint density at radius 2 is 1.54 bits per heavy atom. The number of rotatable bonds is 4. The van der Waals surface area contributed by atoms with Gasteiger partial charge in [0.25, 0.3) is 5.91 Å². The average Bonchev–Trinajstić information content (AvgIpc) is 3.12. The van der Waals surface area contributed by atoms with Crippen LogP contribution >= 0.6 is 0 Å². The maximum Gasteiger partial charge on any atom is 0.273 e. The van der Waals surface area contributed by atoms with Crippen LogP contribution in [0.4, 0.5) is 0 Å². The summed E-state index contributed by atoms with van der Waals surface area (Å²) >= 11 is 0. The van der Waals surface area contributed by atoms with Gasteiger partial charge in [0.1, 0.15) is 5.69 Å². The number of hydrogen-bond acceptors (Lipinski definition) is 3. The van der Waals surface area contributed by atoms with Crippen molar-refractivity contribution < 1.29 is 9.59 Å². The van der Waals surface area contributed by atoms with Gasteiger partial charge in [-0.05, 0) is 17.5 Å². The van der Waals surface area contributed by atoms with E-state index in [0.29, 0.717) is 17.7 Å². The van der Waals surface area contributed by atoms with E-state index < -0.39 is 5.91 Å². The second-order valence-electron chi connectivity index (χ2n) is 7.78. The maximum absolute atomic E-state index is 12.8. The Labute approximate surface area is 164 Å². The van der Waals surface area contributed by atoms with Crippen LogP contribution in [0.25, 0.3) is 16.9 Å². The van der Waals surface area contributed by atoms with Crippen molar-refractivity contribution in [2.75, 3.05) is 0 Å². The van der Waals surface area contributed by atoms with E-state index in [1.807, 2.05) is 81.4 Å². The van der Waals surface area contributed by atoms with Crippen molar-refractivity contribution >= 4 is 11.8 Å². The van der Waals surface area contributed by atoms with E-state index in [2.05, 4.69) is 16.0 Å². The molecule has 0 radical (unpaired) electrons. The number of nitrogens with one attached hydrogen (secondary N) is 2. The van der Waals surface area contributed by atoms with Crippen molar-refractivity contribution in [3.63, 3.8) is 0 Å². The quantitative estimate of drug-likeness (QED) is 0.681. The van der Waals surface area contributed by atoms with Crippen LogP contribution in [0.15, 0.2) is 66.9 Å². The fourth-order valence-corrected chi connectivity index (χ4v) is 2.78. The summed E-state index contributed by atoms with van der Waals surface area (Å²) in [5.41, 5.74) is 7.42. The summed E-state index contributed by atoms with van der Waals surface area (Å²) in [5, 5.41) is 4.60. The highest BCUT2D eigenvalue weighted by atomic mass is 16.2. The van der Waals surface area contributed by atoms with Crippen molar-refractivity contribution in [1.29, 1.82) is 0 Å². The molecule has 0 fully saturated rings. The Morgan fingerprint density at radius 1 is 0.929 bits per heavy atom. The van der Waals surface area contributed by atoms with E-state index in [9.17, 15) is 9.59 Å². The highest BCUT2D eigenvalue weighted by Gasteiger charge is 2.20. The largest absolute Gasteiger partial charge is 0.273 e. The number of hydrazine groups is 1. The van der Waals surface area contributed by atoms with Crippen LogP contribution in [0.3, 0.4) is 0 Å². The Morgan fingerprint density at radius 3 is 2.14 bits per heavy atom. The zero-order valence-corrected chi connectivity index (χ0v) is 16.3. The molecule has 1 heterocycles. The predicted molar refractivity (Wildman–Crippen MR) is 109 cm³/mol. The lowest BCUT2D eigenvalue weighted by molar-refractivity contribution is -0.123. The van der Waals surface area contributed by atoms with E-state index in [1.54, 1.807) is 10.9 Å². The highest BCUT2D eigenvalue weighted by Crippen LogP contribution is 2.23. The predicted octanol–water partition coefficient (Wildman–Crippen LogP) is 3.74. The minimum Gasteiger partial charge on any atom is -0.273 e. The first kappa shape index (κ1) is 19.4. The van der Waals surface area contributed by atoms with Crippen LogP contribution in [0, 0.1) is 5.41 Å². The van der Waals surface area contributed by atoms with Crippen LogP contribution in [0.5, 0.6) is 0 Å². The van der Waals surface area contributed by atoms with Crippen LogP contribution in [-0.2, 0) is 4.79 Å². The Bertz CT molecular complexity index is 957. The number of para-hydroxylation sites is 1. The van der Waals surface area contributed by atoms with Crippen LogP contribution < -0.4 is 10.9 Å². The third-order valence-electron chi connectivity index (χ3n) is 4.03. The second kappa shape index (κ2) is 8.08. The van der Waals surface area contributed by atoms with Gasteiger partial charge in [-0.1, -0.05) is 69.3 Å². The lowest BCUT2D eigenvalue weighted by Gasteiger charge is -2.17. The summed E-state index contributed by atoms with van der Waals surface area (Å²) in [6.45, 7) is 5.89. The first-order valence-corrected chi connectivity index (χ1v) is 9.13. The molecule has 0 bridgehead atoms. The molecule has 0 atom stereocenters. The fourth-order valence-electron chi connectivity index (χ4n) is 2.78. The van der Waals surface area contributed by atoms with Crippen LogP contribution in [-0.4, -0.2) is 21.6 Å². The van der Waals surface area contributed by atoms with Crippen molar-refractivity contribution in [1.82, 2.24) is 20.6 Å². The van der Waals surface area contributed by atoms with Crippen LogP contribution in [0.1, 0.15) is 37.6 Å². The third-order valence-corrected chi connectivity index (χ3v) is 4.03. The molecule has 0 aliphatic rings. The smallest absolute Gasteiger partial charge is 0.273 e. The van der Waals surface area contributed by atoms with E-state index in [4.69, 9.17) is 0 Å². The lowest BCUT2D eigenvalue weighted by Crippen LogP contribution is -2.42. The molecule has 0 aliphatic heterocycles. The van der Waals surface area contributed by atoms with Gasteiger partial charge in [-0.2, -0.15) is 5.10 Å². The number of hydrogen-bond donors (Lipinski definition) is 2. The Balaban J connectivity index is 1.87. The summed E-state index contributed by atoms with van der Waals surface area (Å²) in [5.74, 6) is -0.652. The first-order valence-electron chi connectivity index (χ1n) is 9.13. The zero-order valence-electron chi connectivity index (χ0n) is 16.3. The van der Waals surface area contributed by atoms with Crippen molar-refractivity contribution in [3.05, 3.63) is 72.4 Å². The molecule has 2 amide bonds. The second-order valence-corrected chi connectivity index (χ2v) is 7.78. The Kier molecular flexibility index (Phi) is 5.59. The lowest BCUT2D eigenvalue weighted by atomic mass is 9.92. The van der Waals surface area contributed by atoms with Crippen molar-refractivity contribution in [2.45, 2.75) is 27.2 Å². The third kappa shape index (κ3) is 4.85. The average molecular weight is 376 g/mol. The molecule has 0 unspecified atom stereocenters. The number of aromatic nitrogens is 2. The SMILES string of the molecule is CC(C)(C)CC(=O)NNC(=O)c1cn(-c2ccccc2)nc1-c1ccccc1. The van der Waals surface area contributed by atoms with Gasteiger partial charge < -0.3 is 0 Å². The molecule has 144 valence electrons. The minimum absolute atomic E-state index is 0.164. The van der Waals surface area contributed by atoms with Gasteiger partial charge in [0.2, 0.25) is 5.91 Å². The van der Waals surface area contributed by atoms with Gasteiger partial charge in [-0.15, -0.1) is 0 Å². The van der Waals surface area contributed by atoms with Gasteiger partial charge in [0.15, 0.2) is 0 Å². The van der Waals surface area contributed by atoms with Gasteiger partial charge in [0.05, 0.1) is 11.3 Å². The summed E-state index contributed by atoms with van der Waals surface area (Å²) in [4.78, 5) is 24.8. The minimum atomic E-state index is -0.414. The molecular weight excluding hydrogens is 352 g/mol. The summed E-state index contributed by atoms with van der Waals surface area (Å²) in [7, 11) is 0. The zero-order chi connectivity index (χ0) is 20.1. The fraction of sp³-hybridized carbons (Fsp3) is 0.227. The van der Waals surface area contributed by atoms with E-state index in [1.165, 1.54) is 0 Å². The van der Waals surface area contributed by atoms with Gasteiger partial charge in [-0.25, -0.2) is 4.68 Å².